The number of esters is 1. The van der Waals surface area contributed by atoms with Crippen LogP contribution in [0.5, 0.6) is 0 Å². The second kappa shape index (κ2) is 8.39. The van der Waals surface area contributed by atoms with Crippen LogP contribution >= 0.6 is 0 Å². The average molecular weight is 295 g/mol. The van der Waals surface area contributed by atoms with Crippen LogP contribution in [0, 0.1) is 11.7 Å². The van der Waals surface area contributed by atoms with E-state index in [4.69, 9.17) is 0 Å². The summed E-state index contributed by atoms with van der Waals surface area (Å²) >= 11 is 0. The van der Waals surface area contributed by atoms with Gasteiger partial charge >= 0.3 is 5.97 Å². The molecule has 0 unspecified atom stereocenters. The predicted octanol–water partition coefficient (Wildman–Crippen LogP) is 2.76. The molecule has 0 aliphatic carbocycles. The molecule has 21 heavy (non-hydrogen) atoms. The molecule has 0 atom stereocenters. The highest BCUT2D eigenvalue weighted by atomic mass is 19.1. The lowest BCUT2D eigenvalue weighted by molar-refractivity contribution is -0.142. The maximum absolute atomic E-state index is 12.9. The van der Waals surface area contributed by atoms with Crippen LogP contribution in [0.4, 0.5) is 4.39 Å². The molecule has 0 aliphatic heterocycles. The van der Waals surface area contributed by atoms with Crippen molar-refractivity contribution >= 4 is 11.9 Å². The fourth-order valence-corrected chi connectivity index (χ4v) is 1.91. The van der Waals surface area contributed by atoms with E-state index in [1.54, 1.807) is 17.0 Å². The molecule has 5 heteroatoms. The lowest BCUT2D eigenvalue weighted by atomic mass is 10.1. The van der Waals surface area contributed by atoms with Crippen LogP contribution in [0.3, 0.4) is 0 Å². The Labute approximate surface area is 124 Å². The van der Waals surface area contributed by atoms with Crippen LogP contribution in [0.1, 0.15) is 32.3 Å². The second-order valence-corrected chi connectivity index (χ2v) is 5.37. The van der Waals surface area contributed by atoms with E-state index < -0.39 is 0 Å². The van der Waals surface area contributed by atoms with E-state index in [9.17, 15) is 14.0 Å². The second-order valence-electron chi connectivity index (χ2n) is 5.37. The molecule has 1 aromatic carbocycles. The summed E-state index contributed by atoms with van der Waals surface area (Å²) in [5.74, 6) is -0.436. The van der Waals surface area contributed by atoms with Gasteiger partial charge in [-0.25, -0.2) is 4.39 Å². The summed E-state index contributed by atoms with van der Waals surface area (Å²) in [5, 5.41) is 0. The van der Waals surface area contributed by atoms with Crippen LogP contribution in [0.2, 0.25) is 0 Å². The van der Waals surface area contributed by atoms with Gasteiger partial charge in [0, 0.05) is 19.5 Å². The minimum absolute atomic E-state index is 0.0155. The van der Waals surface area contributed by atoms with Crippen molar-refractivity contribution in [2.75, 3.05) is 13.7 Å². The Bertz CT molecular complexity index is 471. The molecule has 0 spiro atoms. The maximum atomic E-state index is 12.9. The molecule has 1 aromatic rings. The smallest absolute Gasteiger partial charge is 0.307 e. The van der Waals surface area contributed by atoms with E-state index in [0.717, 1.165) is 5.56 Å². The lowest BCUT2D eigenvalue weighted by Gasteiger charge is -2.23. The van der Waals surface area contributed by atoms with Gasteiger partial charge in [0.2, 0.25) is 5.91 Å². The van der Waals surface area contributed by atoms with Crippen molar-refractivity contribution in [1.82, 2.24) is 4.90 Å². The maximum Gasteiger partial charge on any atom is 0.307 e. The van der Waals surface area contributed by atoms with E-state index in [2.05, 4.69) is 4.74 Å². The Morgan fingerprint density at radius 3 is 2.38 bits per heavy atom. The van der Waals surface area contributed by atoms with E-state index >= 15 is 0 Å². The first kappa shape index (κ1) is 17.1. The summed E-state index contributed by atoms with van der Waals surface area (Å²) in [4.78, 5) is 25.1. The molecule has 1 amide bonds. The quantitative estimate of drug-likeness (QED) is 0.727. The summed E-state index contributed by atoms with van der Waals surface area (Å²) in [6.45, 7) is 4.60. The number of hydrogen-bond acceptors (Lipinski definition) is 3. The molecular weight excluding hydrogens is 273 g/mol. The predicted molar refractivity (Wildman–Crippen MR) is 77.9 cm³/mol. The fraction of sp³-hybridized carbons (Fsp3) is 0.500. The lowest BCUT2D eigenvalue weighted by Crippen LogP contribution is -2.33. The first-order valence-corrected chi connectivity index (χ1v) is 7.01. The van der Waals surface area contributed by atoms with Crippen molar-refractivity contribution < 1.29 is 18.7 Å². The number of rotatable bonds is 7. The topological polar surface area (TPSA) is 46.6 Å². The molecule has 0 aliphatic rings. The first-order valence-electron chi connectivity index (χ1n) is 7.01. The molecule has 0 N–H and O–H groups in total. The van der Waals surface area contributed by atoms with Crippen molar-refractivity contribution in [3.05, 3.63) is 35.6 Å². The van der Waals surface area contributed by atoms with Crippen molar-refractivity contribution in [1.29, 1.82) is 0 Å². The van der Waals surface area contributed by atoms with Crippen LogP contribution in [0.15, 0.2) is 24.3 Å². The number of nitrogens with zero attached hydrogens (tertiary/aromatic N) is 1. The van der Waals surface area contributed by atoms with Gasteiger partial charge in [-0.15, -0.1) is 0 Å². The fourth-order valence-electron chi connectivity index (χ4n) is 1.91. The van der Waals surface area contributed by atoms with E-state index in [-0.39, 0.29) is 30.0 Å². The van der Waals surface area contributed by atoms with Crippen molar-refractivity contribution in [2.24, 2.45) is 5.92 Å². The summed E-state index contributed by atoms with van der Waals surface area (Å²) < 4.78 is 17.5. The third-order valence-electron chi connectivity index (χ3n) is 3.04. The Morgan fingerprint density at radius 1 is 1.24 bits per heavy atom. The summed E-state index contributed by atoms with van der Waals surface area (Å²) in [6, 6.07) is 6.01. The van der Waals surface area contributed by atoms with Gasteiger partial charge in [-0.05, 0) is 23.6 Å². The molecule has 0 heterocycles. The minimum Gasteiger partial charge on any atom is -0.469 e. The highest BCUT2D eigenvalue weighted by Crippen LogP contribution is 2.11. The summed E-state index contributed by atoms with van der Waals surface area (Å²) in [6.07, 6.45) is 0.573. The van der Waals surface area contributed by atoms with Gasteiger partial charge in [0.15, 0.2) is 0 Å². The zero-order valence-electron chi connectivity index (χ0n) is 12.8. The normalized spacial score (nSPS) is 10.5. The molecule has 0 bridgehead atoms. The SMILES string of the molecule is COC(=O)CCN(Cc1ccc(F)cc1)C(=O)CC(C)C. The van der Waals surface area contributed by atoms with Gasteiger partial charge in [-0.1, -0.05) is 26.0 Å². The average Bonchev–Trinajstić information content (AvgIpc) is 2.44. The van der Waals surface area contributed by atoms with Gasteiger partial charge in [0.1, 0.15) is 5.82 Å². The van der Waals surface area contributed by atoms with Gasteiger partial charge in [0.25, 0.3) is 0 Å². The highest BCUT2D eigenvalue weighted by molar-refractivity contribution is 5.77. The van der Waals surface area contributed by atoms with E-state index in [0.29, 0.717) is 19.5 Å². The molecular formula is C16H22FNO3. The number of ether oxygens (including phenoxy) is 1. The molecule has 0 radical (unpaired) electrons. The van der Waals surface area contributed by atoms with Gasteiger partial charge in [-0.2, -0.15) is 0 Å². The minimum atomic E-state index is -0.351. The molecule has 1 rings (SSSR count). The van der Waals surface area contributed by atoms with Gasteiger partial charge in [0.05, 0.1) is 13.5 Å². The van der Waals surface area contributed by atoms with Crippen LogP contribution in [-0.2, 0) is 20.9 Å². The Balaban J connectivity index is 2.72. The number of carbonyl (C=O) groups excluding carboxylic acids is 2. The van der Waals surface area contributed by atoms with Crippen LogP contribution in [0.25, 0.3) is 0 Å². The van der Waals surface area contributed by atoms with Crippen LogP contribution < -0.4 is 0 Å². The molecule has 0 saturated carbocycles. The Morgan fingerprint density at radius 2 is 1.86 bits per heavy atom. The summed E-state index contributed by atoms with van der Waals surface area (Å²) in [7, 11) is 1.32. The Hall–Kier alpha value is -1.91. The molecule has 0 saturated heterocycles. The standard InChI is InChI=1S/C16H22FNO3/c1-12(2)10-15(19)18(9-8-16(20)21-3)11-13-4-6-14(17)7-5-13/h4-7,12H,8-11H2,1-3H3. The molecule has 0 fully saturated rings. The number of methoxy groups -OCH3 is 1. The largest absolute Gasteiger partial charge is 0.469 e. The first-order chi connectivity index (χ1) is 9.92. The van der Waals surface area contributed by atoms with Gasteiger partial charge < -0.3 is 9.64 Å². The monoisotopic (exact) mass is 295 g/mol. The molecule has 116 valence electrons. The molecule has 4 nitrogen and oxygen atoms in total. The third kappa shape index (κ3) is 6.38. The third-order valence-corrected chi connectivity index (χ3v) is 3.04. The van der Waals surface area contributed by atoms with Gasteiger partial charge in [-0.3, -0.25) is 9.59 Å². The number of amides is 1. The number of halogens is 1. The van der Waals surface area contributed by atoms with E-state index in [1.807, 2.05) is 13.8 Å². The van der Waals surface area contributed by atoms with Crippen molar-refractivity contribution in [3.8, 4) is 0 Å². The molecule has 0 aromatic heterocycles. The number of carbonyl (C=O) groups is 2. The van der Waals surface area contributed by atoms with Crippen molar-refractivity contribution in [3.63, 3.8) is 0 Å². The van der Waals surface area contributed by atoms with Crippen molar-refractivity contribution in [2.45, 2.75) is 33.2 Å². The van der Waals surface area contributed by atoms with E-state index in [1.165, 1.54) is 19.2 Å². The number of hydrogen-bond donors (Lipinski definition) is 0. The number of benzene rings is 1. The zero-order chi connectivity index (χ0) is 15.8. The van der Waals surface area contributed by atoms with Crippen LogP contribution in [-0.4, -0.2) is 30.4 Å². The Kier molecular flexibility index (Phi) is 6.85. The highest BCUT2D eigenvalue weighted by Gasteiger charge is 2.17. The summed E-state index contributed by atoms with van der Waals surface area (Å²) in [5.41, 5.74) is 0.832. The zero-order valence-corrected chi connectivity index (χ0v) is 12.8.